The normalized spacial score (nSPS) is 12.3. The quantitative estimate of drug-likeness (QED) is 0.840. The Balaban J connectivity index is 2.32. The Labute approximate surface area is 133 Å². The van der Waals surface area contributed by atoms with E-state index < -0.39 is 0 Å². The minimum Gasteiger partial charge on any atom is -0.423 e. The summed E-state index contributed by atoms with van der Waals surface area (Å²) in [6.45, 7) is 6.45. The summed E-state index contributed by atoms with van der Waals surface area (Å²) in [5.74, 6) is 0. The van der Waals surface area contributed by atoms with Crippen molar-refractivity contribution in [2.45, 2.75) is 20.4 Å². The summed E-state index contributed by atoms with van der Waals surface area (Å²) in [4.78, 5) is 13.9. The zero-order chi connectivity index (χ0) is 15.6. The van der Waals surface area contributed by atoms with E-state index in [0.29, 0.717) is 18.7 Å². The molecule has 2 N–H and O–H groups in total. The summed E-state index contributed by atoms with van der Waals surface area (Å²) in [6.07, 6.45) is 0. The standard InChI is InChI=1S/C16H21BrN2O2/c1-16(2,9-18)10-19(3)8-11-6-15(20)21-14-7-12(17)4-5-13(11)14/h4-7H,8-10,18H2,1-3H3. The molecular formula is C16H21BrN2O2. The van der Waals surface area contributed by atoms with Gasteiger partial charge in [0.1, 0.15) is 5.58 Å². The summed E-state index contributed by atoms with van der Waals surface area (Å²) >= 11 is 3.40. The van der Waals surface area contributed by atoms with Gasteiger partial charge >= 0.3 is 5.63 Å². The summed E-state index contributed by atoms with van der Waals surface area (Å²) in [5.41, 5.74) is 7.10. The van der Waals surface area contributed by atoms with Crippen LogP contribution in [0.3, 0.4) is 0 Å². The first-order valence-electron chi connectivity index (χ1n) is 6.92. The molecule has 21 heavy (non-hydrogen) atoms. The fourth-order valence-electron chi connectivity index (χ4n) is 2.48. The van der Waals surface area contributed by atoms with Crippen LogP contribution in [0.2, 0.25) is 0 Å². The molecule has 0 saturated carbocycles. The lowest BCUT2D eigenvalue weighted by Gasteiger charge is -2.29. The van der Waals surface area contributed by atoms with E-state index in [9.17, 15) is 4.79 Å². The lowest BCUT2D eigenvalue weighted by atomic mass is 9.93. The third kappa shape index (κ3) is 4.15. The number of hydrogen-bond donors (Lipinski definition) is 1. The molecule has 0 bridgehead atoms. The second-order valence-electron chi connectivity index (χ2n) is 6.27. The molecule has 0 aliphatic rings. The summed E-state index contributed by atoms with van der Waals surface area (Å²) in [6, 6.07) is 7.32. The van der Waals surface area contributed by atoms with Gasteiger partial charge in [0.25, 0.3) is 0 Å². The van der Waals surface area contributed by atoms with Crippen molar-refractivity contribution >= 4 is 26.9 Å². The van der Waals surface area contributed by atoms with Crippen LogP contribution < -0.4 is 11.4 Å². The van der Waals surface area contributed by atoms with Gasteiger partial charge in [0.15, 0.2) is 0 Å². The number of nitrogens with zero attached hydrogens (tertiary/aromatic N) is 1. The summed E-state index contributed by atoms with van der Waals surface area (Å²) in [7, 11) is 2.04. The van der Waals surface area contributed by atoms with Gasteiger partial charge in [0.2, 0.25) is 0 Å². The Hall–Kier alpha value is -1.17. The van der Waals surface area contributed by atoms with Gasteiger partial charge < -0.3 is 15.1 Å². The molecule has 1 heterocycles. The molecule has 114 valence electrons. The monoisotopic (exact) mass is 352 g/mol. The van der Waals surface area contributed by atoms with Crippen molar-refractivity contribution in [1.82, 2.24) is 4.90 Å². The van der Waals surface area contributed by atoms with E-state index in [1.807, 2.05) is 25.2 Å². The van der Waals surface area contributed by atoms with Crippen molar-refractivity contribution in [2.24, 2.45) is 11.1 Å². The van der Waals surface area contributed by atoms with Crippen LogP contribution in [-0.4, -0.2) is 25.0 Å². The van der Waals surface area contributed by atoms with Crippen molar-refractivity contribution in [3.63, 3.8) is 0 Å². The van der Waals surface area contributed by atoms with Crippen molar-refractivity contribution in [3.8, 4) is 0 Å². The molecular weight excluding hydrogens is 332 g/mol. The Bertz CT molecular complexity index is 694. The van der Waals surface area contributed by atoms with Gasteiger partial charge in [-0.2, -0.15) is 0 Å². The van der Waals surface area contributed by atoms with Crippen molar-refractivity contribution < 1.29 is 4.42 Å². The van der Waals surface area contributed by atoms with Crippen LogP contribution in [0.4, 0.5) is 0 Å². The minimum absolute atomic E-state index is 0.0486. The molecule has 0 atom stereocenters. The van der Waals surface area contributed by atoms with Crippen molar-refractivity contribution in [1.29, 1.82) is 0 Å². The van der Waals surface area contributed by atoms with E-state index >= 15 is 0 Å². The van der Waals surface area contributed by atoms with Crippen molar-refractivity contribution in [2.75, 3.05) is 20.1 Å². The predicted molar refractivity (Wildman–Crippen MR) is 89.4 cm³/mol. The highest BCUT2D eigenvalue weighted by Crippen LogP contribution is 2.23. The molecule has 0 fully saturated rings. The third-order valence-electron chi connectivity index (χ3n) is 3.48. The smallest absolute Gasteiger partial charge is 0.336 e. The molecule has 0 aliphatic heterocycles. The zero-order valence-corrected chi connectivity index (χ0v) is 14.2. The number of rotatable bonds is 5. The van der Waals surface area contributed by atoms with E-state index in [2.05, 4.69) is 34.7 Å². The first-order chi connectivity index (χ1) is 9.80. The second-order valence-corrected chi connectivity index (χ2v) is 7.19. The lowest BCUT2D eigenvalue weighted by molar-refractivity contribution is 0.210. The average molecular weight is 353 g/mol. The molecule has 0 aliphatic carbocycles. The van der Waals surface area contributed by atoms with Crippen LogP contribution in [0.5, 0.6) is 0 Å². The van der Waals surface area contributed by atoms with Gasteiger partial charge in [-0.25, -0.2) is 4.79 Å². The highest BCUT2D eigenvalue weighted by Gasteiger charge is 2.19. The van der Waals surface area contributed by atoms with Gasteiger partial charge in [-0.3, -0.25) is 0 Å². The maximum absolute atomic E-state index is 11.7. The van der Waals surface area contributed by atoms with E-state index in [-0.39, 0.29) is 11.0 Å². The Morgan fingerprint density at radius 3 is 2.71 bits per heavy atom. The molecule has 0 unspecified atom stereocenters. The molecule has 4 nitrogen and oxygen atoms in total. The highest BCUT2D eigenvalue weighted by atomic mass is 79.9. The molecule has 0 amide bonds. The maximum Gasteiger partial charge on any atom is 0.336 e. The first-order valence-corrected chi connectivity index (χ1v) is 7.71. The minimum atomic E-state index is -0.318. The third-order valence-corrected chi connectivity index (χ3v) is 3.98. The molecule has 0 radical (unpaired) electrons. The fourth-order valence-corrected chi connectivity index (χ4v) is 2.82. The SMILES string of the molecule is CN(Cc1cc(=O)oc2cc(Br)ccc12)CC(C)(C)CN. The van der Waals surface area contributed by atoms with Gasteiger partial charge in [0.05, 0.1) is 0 Å². The second kappa shape index (κ2) is 6.30. The Morgan fingerprint density at radius 2 is 2.05 bits per heavy atom. The molecule has 1 aromatic carbocycles. The van der Waals surface area contributed by atoms with Gasteiger partial charge in [-0.05, 0) is 42.8 Å². The first kappa shape index (κ1) is 16.2. The van der Waals surface area contributed by atoms with E-state index in [1.165, 1.54) is 0 Å². The van der Waals surface area contributed by atoms with Crippen LogP contribution in [0.25, 0.3) is 11.0 Å². The van der Waals surface area contributed by atoms with E-state index in [1.54, 1.807) is 6.07 Å². The van der Waals surface area contributed by atoms with Crippen LogP contribution in [-0.2, 0) is 6.54 Å². The van der Waals surface area contributed by atoms with E-state index in [4.69, 9.17) is 10.2 Å². The largest absolute Gasteiger partial charge is 0.423 e. The molecule has 2 rings (SSSR count). The summed E-state index contributed by atoms with van der Waals surface area (Å²) in [5, 5.41) is 0.968. The topological polar surface area (TPSA) is 59.5 Å². The number of hydrogen-bond acceptors (Lipinski definition) is 4. The van der Waals surface area contributed by atoms with Crippen LogP contribution >= 0.6 is 15.9 Å². The highest BCUT2D eigenvalue weighted by molar-refractivity contribution is 9.10. The van der Waals surface area contributed by atoms with Crippen LogP contribution in [0, 0.1) is 5.41 Å². The molecule has 0 spiro atoms. The molecule has 1 aromatic heterocycles. The maximum atomic E-state index is 11.7. The predicted octanol–water partition coefficient (Wildman–Crippen LogP) is 2.97. The molecule has 2 aromatic rings. The number of halogens is 1. The van der Waals surface area contributed by atoms with Crippen molar-refractivity contribution in [3.05, 3.63) is 44.7 Å². The van der Waals surface area contributed by atoms with Gasteiger partial charge in [-0.15, -0.1) is 0 Å². The van der Waals surface area contributed by atoms with Crippen LogP contribution in [0.15, 0.2) is 37.9 Å². The molecule has 0 saturated heterocycles. The Kier molecular flexibility index (Phi) is 4.86. The van der Waals surface area contributed by atoms with Gasteiger partial charge in [0, 0.05) is 29.0 Å². The zero-order valence-electron chi connectivity index (χ0n) is 12.6. The van der Waals surface area contributed by atoms with Crippen LogP contribution in [0.1, 0.15) is 19.4 Å². The number of fused-ring (bicyclic) bond motifs is 1. The average Bonchev–Trinajstić information content (AvgIpc) is 2.37. The van der Waals surface area contributed by atoms with E-state index in [0.717, 1.165) is 22.0 Å². The fraction of sp³-hybridized carbons (Fsp3) is 0.438. The van der Waals surface area contributed by atoms with Gasteiger partial charge in [-0.1, -0.05) is 29.8 Å². The Morgan fingerprint density at radius 1 is 1.33 bits per heavy atom. The number of benzene rings is 1. The molecule has 5 heteroatoms. The lowest BCUT2D eigenvalue weighted by Crippen LogP contribution is -2.36. The summed E-state index contributed by atoms with van der Waals surface area (Å²) < 4.78 is 6.16. The number of nitrogens with two attached hydrogens (primary N) is 1.